The van der Waals surface area contributed by atoms with Crippen LogP contribution < -0.4 is 0 Å². The van der Waals surface area contributed by atoms with E-state index in [1.54, 1.807) is 16.3 Å². The summed E-state index contributed by atoms with van der Waals surface area (Å²) in [6.45, 7) is 0.186. The summed E-state index contributed by atoms with van der Waals surface area (Å²) in [5, 5.41) is 3.63. The van der Waals surface area contributed by atoms with Crippen LogP contribution in [0.5, 0.6) is 0 Å². The lowest BCUT2D eigenvalue weighted by Crippen LogP contribution is -2.32. The molecule has 1 aromatic heterocycles. The van der Waals surface area contributed by atoms with E-state index in [0.29, 0.717) is 11.1 Å². The van der Waals surface area contributed by atoms with Gasteiger partial charge in [0.25, 0.3) is 5.91 Å². The minimum Gasteiger partial charge on any atom is -0.331 e. The fourth-order valence-electron chi connectivity index (χ4n) is 2.14. The number of rotatable bonds is 4. The normalized spacial score (nSPS) is 14.3. The van der Waals surface area contributed by atoms with Crippen LogP contribution in [0.4, 0.5) is 8.78 Å². The first-order chi connectivity index (χ1) is 9.65. The van der Waals surface area contributed by atoms with Crippen LogP contribution in [0.15, 0.2) is 35.0 Å². The van der Waals surface area contributed by atoms with Crippen LogP contribution in [-0.4, -0.2) is 16.8 Å². The van der Waals surface area contributed by atoms with Crippen LogP contribution in [0.2, 0.25) is 0 Å². The van der Waals surface area contributed by atoms with E-state index in [1.807, 2.05) is 5.38 Å². The number of carbonyl (C=O) groups is 1. The zero-order valence-electron chi connectivity index (χ0n) is 10.7. The highest BCUT2D eigenvalue weighted by Crippen LogP contribution is 2.30. The summed E-state index contributed by atoms with van der Waals surface area (Å²) in [4.78, 5) is 14.1. The van der Waals surface area contributed by atoms with Crippen molar-refractivity contribution in [2.75, 3.05) is 0 Å². The van der Waals surface area contributed by atoms with Gasteiger partial charge in [-0.2, -0.15) is 11.3 Å². The maximum atomic E-state index is 13.7. The molecule has 1 heterocycles. The van der Waals surface area contributed by atoms with E-state index in [9.17, 15) is 13.6 Å². The molecule has 1 fully saturated rings. The molecule has 1 aromatic carbocycles. The zero-order valence-corrected chi connectivity index (χ0v) is 11.5. The fraction of sp³-hybridized carbons (Fsp3) is 0.267. The molecule has 1 aliphatic rings. The summed E-state index contributed by atoms with van der Waals surface area (Å²) < 4.78 is 26.6. The van der Waals surface area contributed by atoms with E-state index in [4.69, 9.17) is 0 Å². The molecule has 1 aliphatic carbocycles. The van der Waals surface area contributed by atoms with Crippen molar-refractivity contribution < 1.29 is 13.6 Å². The second-order valence-corrected chi connectivity index (χ2v) is 5.69. The second-order valence-electron chi connectivity index (χ2n) is 4.91. The van der Waals surface area contributed by atoms with Gasteiger partial charge in [0, 0.05) is 29.6 Å². The molecule has 1 saturated carbocycles. The molecule has 0 bridgehead atoms. The molecule has 20 heavy (non-hydrogen) atoms. The minimum absolute atomic E-state index is 0.0857. The van der Waals surface area contributed by atoms with Crippen LogP contribution in [0, 0.1) is 11.6 Å². The van der Waals surface area contributed by atoms with Crippen molar-refractivity contribution in [3.63, 3.8) is 0 Å². The molecule has 5 heteroatoms. The molecule has 1 amide bonds. The van der Waals surface area contributed by atoms with Crippen LogP contribution >= 0.6 is 11.3 Å². The summed E-state index contributed by atoms with van der Waals surface area (Å²) in [5.74, 6) is -1.29. The number of nitrogens with zero attached hydrogens (tertiary/aromatic N) is 1. The lowest BCUT2D eigenvalue weighted by molar-refractivity contribution is 0.0729. The predicted molar refractivity (Wildman–Crippen MR) is 73.6 cm³/mol. The Balaban J connectivity index is 1.83. The average Bonchev–Trinajstić information content (AvgIpc) is 3.11. The molecular weight excluding hydrogens is 280 g/mol. The number of hydrogen-bond acceptors (Lipinski definition) is 2. The highest BCUT2D eigenvalue weighted by atomic mass is 32.1. The zero-order chi connectivity index (χ0) is 14.1. The van der Waals surface area contributed by atoms with Crippen molar-refractivity contribution in [3.8, 4) is 0 Å². The summed E-state index contributed by atoms with van der Waals surface area (Å²) in [6, 6.07) is 5.42. The quantitative estimate of drug-likeness (QED) is 0.839. The third kappa shape index (κ3) is 2.72. The van der Waals surface area contributed by atoms with Gasteiger partial charge >= 0.3 is 0 Å². The maximum Gasteiger partial charge on any atom is 0.255 e. The second kappa shape index (κ2) is 5.32. The first kappa shape index (κ1) is 13.2. The van der Waals surface area contributed by atoms with Gasteiger partial charge in [-0.3, -0.25) is 4.79 Å². The lowest BCUT2D eigenvalue weighted by Gasteiger charge is -2.22. The average molecular weight is 293 g/mol. The van der Waals surface area contributed by atoms with Gasteiger partial charge < -0.3 is 4.90 Å². The largest absolute Gasteiger partial charge is 0.331 e. The van der Waals surface area contributed by atoms with Gasteiger partial charge in [0.15, 0.2) is 0 Å². The summed E-state index contributed by atoms with van der Waals surface area (Å²) in [7, 11) is 0. The van der Waals surface area contributed by atoms with Crippen LogP contribution in [-0.2, 0) is 6.54 Å². The number of benzene rings is 1. The SMILES string of the molecule is O=C(c1ccsc1)N(Cc1ccc(F)cc1F)C1CC1. The number of thiophene rings is 1. The van der Waals surface area contributed by atoms with Gasteiger partial charge in [-0.25, -0.2) is 8.78 Å². The van der Waals surface area contributed by atoms with Gasteiger partial charge in [-0.05, 0) is 30.4 Å². The Hall–Kier alpha value is -1.75. The number of amides is 1. The molecule has 104 valence electrons. The third-order valence-corrected chi connectivity index (χ3v) is 4.06. The van der Waals surface area contributed by atoms with Gasteiger partial charge in [0.05, 0.1) is 5.56 Å². The van der Waals surface area contributed by atoms with E-state index in [0.717, 1.165) is 18.9 Å². The van der Waals surface area contributed by atoms with Crippen molar-refractivity contribution in [3.05, 3.63) is 57.8 Å². The molecule has 0 unspecified atom stereocenters. The molecule has 0 atom stereocenters. The van der Waals surface area contributed by atoms with Crippen LogP contribution in [0.3, 0.4) is 0 Å². The van der Waals surface area contributed by atoms with E-state index >= 15 is 0 Å². The summed E-state index contributed by atoms with van der Waals surface area (Å²) >= 11 is 1.46. The summed E-state index contributed by atoms with van der Waals surface area (Å²) in [6.07, 6.45) is 1.89. The molecule has 0 aliphatic heterocycles. The van der Waals surface area contributed by atoms with Gasteiger partial charge in [-0.1, -0.05) is 6.07 Å². The van der Waals surface area contributed by atoms with E-state index in [-0.39, 0.29) is 18.5 Å². The van der Waals surface area contributed by atoms with Gasteiger partial charge in [0.2, 0.25) is 0 Å². The smallest absolute Gasteiger partial charge is 0.255 e. The fourth-order valence-corrected chi connectivity index (χ4v) is 2.77. The molecule has 2 nitrogen and oxygen atoms in total. The Labute approximate surface area is 119 Å². The van der Waals surface area contributed by atoms with Crippen molar-refractivity contribution in [1.82, 2.24) is 4.90 Å². The minimum atomic E-state index is -0.603. The lowest BCUT2D eigenvalue weighted by atomic mass is 10.1. The Morgan fingerprint density at radius 2 is 2.10 bits per heavy atom. The Kier molecular flexibility index (Phi) is 3.53. The van der Waals surface area contributed by atoms with Crippen molar-refractivity contribution in [2.24, 2.45) is 0 Å². The highest BCUT2D eigenvalue weighted by Gasteiger charge is 2.33. The van der Waals surface area contributed by atoms with Crippen molar-refractivity contribution >= 4 is 17.2 Å². The van der Waals surface area contributed by atoms with Crippen LogP contribution in [0.25, 0.3) is 0 Å². The Morgan fingerprint density at radius 3 is 2.70 bits per heavy atom. The molecule has 0 saturated heterocycles. The third-order valence-electron chi connectivity index (χ3n) is 3.37. The number of carbonyl (C=O) groups excluding carboxylic acids is 1. The molecule has 0 spiro atoms. The Bertz CT molecular complexity index is 623. The Morgan fingerprint density at radius 1 is 1.30 bits per heavy atom. The topological polar surface area (TPSA) is 20.3 Å². The standard InChI is InChI=1S/C15H13F2NOS/c16-12-2-1-10(14(17)7-12)8-18(13-3-4-13)15(19)11-5-6-20-9-11/h1-2,5-7,9,13H,3-4,8H2. The van der Waals surface area contributed by atoms with Gasteiger partial charge in [-0.15, -0.1) is 0 Å². The summed E-state index contributed by atoms with van der Waals surface area (Å²) in [5.41, 5.74) is 0.978. The first-order valence-electron chi connectivity index (χ1n) is 6.42. The highest BCUT2D eigenvalue weighted by molar-refractivity contribution is 7.08. The maximum absolute atomic E-state index is 13.7. The van der Waals surface area contributed by atoms with Crippen molar-refractivity contribution in [2.45, 2.75) is 25.4 Å². The number of hydrogen-bond donors (Lipinski definition) is 0. The van der Waals surface area contributed by atoms with Crippen LogP contribution in [0.1, 0.15) is 28.8 Å². The monoisotopic (exact) mass is 293 g/mol. The van der Waals surface area contributed by atoms with E-state index in [2.05, 4.69) is 0 Å². The molecule has 0 N–H and O–H groups in total. The van der Waals surface area contributed by atoms with E-state index < -0.39 is 11.6 Å². The molecule has 0 radical (unpaired) electrons. The first-order valence-corrected chi connectivity index (χ1v) is 7.36. The van der Waals surface area contributed by atoms with Gasteiger partial charge in [0.1, 0.15) is 11.6 Å². The van der Waals surface area contributed by atoms with Crippen molar-refractivity contribution in [1.29, 1.82) is 0 Å². The molecular formula is C15H13F2NOS. The predicted octanol–water partition coefficient (Wildman–Crippen LogP) is 3.83. The van der Waals surface area contributed by atoms with E-state index in [1.165, 1.54) is 23.5 Å². The molecule has 3 rings (SSSR count). The number of halogens is 2. The molecule has 2 aromatic rings.